The summed E-state index contributed by atoms with van der Waals surface area (Å²) < 4.78 is 0.936. The Morgan fingerprint density at radius 3 is 2.75 bits per heavy atom. The van der Waals surface area contributed by atoms with E-state index in [2.05, 4.69) is 31.5 Å². The predicted octanol–water partition coefficient (Wildman–Crippen LogP) is 2.80. The maximum atomic E-state index is 9.19. The summed E-state index contributed by atoms with van der Waals surface area (Å²) in [6.45, 7) is 8.15. The number of hydrogen-bond acceptors (Lipinski definition) is 2. The van der Waals surface area contributed by atoms with Crippen molar-refractivity contribution in [2.75, 3.05) is 0 Å². The summed E-state index contributed by atoms with van der Waals surface area (Å²) in [5.41, 5.74) is 5.01. The van der Waals surface area contributed by atoms with Crippen LogP contribution in [0.5, 0.6) is 0 Å². The first-order valence-electron chi connectivity index (χ1n) is 5.08. The Balaban J connectivity index is 2.45. The van der Waals surface area contributed by atoms with Crippen LogP contribution < -0.4 is 0 Å². The molecule has 0 bridgehead atoms. The molecule has 2 aromatic rings. The van der Waals surface area contributed by atoms with E-state index in [4.69, 9.17) is 0 Å². The lowest BCUT2D eigenvalue weighted by atomic mass is 9.96. The summed E-state index contributed by atoms with van der Waals surface area (Å²) in [5.74, 6) is 0. The molecular formula is C13H14N2O. The molecule has 0 radical (unpaired) electrons. The standard InChI is InChI=1S/C13H14N2O/c1-9-5-4-6-12(10(9)2)11(3)13-7-15(16)8-14-13/h4-8,16H,3H2,1-2H3. The molecular weight excluding hydrogens is 200 g/mol. The van der Waals surface area contributed by atoms with Gasteiger partial charge in [0.25, 0.3) is 0 Å². The zero-order valence-electron chi connectivity index (χ0n) is 9.44. The van der Waals surface area contributed by atoms with Crippen LogP contribution in [0.4, 0.5) is 0 Å². The quantitative estimate of drug-likeness (QED) is 0.780. The van der Waals surface area contributed by atoms with E-state index in [9.17, 15) is 5.21 Å². The van der Waals surface area contributed by atoms with E-state index >= 15 is 0 Å². The third kappa shape index (κ3) is 1.72. The number of benzene rings is 1. The lowest BCUT2D eigenvalue weighted by Gasteiger charge is -2.09. The van der Waals surface area contributed by atoms with Crippen LogP contribution in [-0.4, -0.2) is 14.9 Å². The average Bonchev–Trinajstić information content (AvgIpc) is 2.68. The number of hydrogen-bond donors (Lipinski definition) is 1. The van der Waals surface area contributed by atoms with Crippen molar-refractivity contribution >= 4 is 5.57 Å². The van der Waals surface area contributed by atoms with Gasteiger partial charge in [0.05, 0.1) is 11.9 Å². The van der Waals surface area contributed by atoms with Gasteiger partial charge in [0, 0.05) is 5.57 Å². The Morgan fingerprint density at radius 1 is 1.38 bits per heavy atom. The van der Waals surface area contributed by atoms with E-state index in [0.717, 1.165) is 15.9 Å². The van der Waals surface area contributed by atoms with Crippen molar-refractivity contribution in [2.24, 2.45) is 0 Å². The molecule has 0 spiro atoms. The zero-order chi connectivity index (χ0) is 11.7. The Labute approximate surface area is 94.6 Å². The van der Waals surface area contributed by atoms with E-state index in [-0.39, 0.29) is 0 Å². The molecule has 0 saturated heterocycles. The van der Waals surface area contributed by atoms with E-state index in [1.807, 2.05) is 12.1 Å². The van der Waals surface area contributed by atoms with Gasteiger partial charge < -0.3 is 5.21 Å². The second-order valence-corrected chi connectivity index (χ2v) is 3.86. The van der Waals surface area contributed by atoms with Gasteiger partial charge in [0.15, 0.2) is 0 Å². The maximum Gasteiger partial charge on any atom is 0.132 e. The summed E-state index contributed by atoms with van der Waals surface area (Å²) >= 11 is 0. The third-order valence-electron chi connectivity index (χ3n) is 2.81. The lowest BCUT2D eigenvalue weighted by Crippen LogP contribution is -1.92. The molecule has 16 heavy (non-hydrogen) atoms. The number of nitrogens with zero attached hydrogens (tertiary/aromatic N) is 2. The van der Waals surface area contributed by atoms with E-state index in [1.54, 1.807) is 6.20 Å². The first kappa shape index (κ1) is 10.5. The maximum absolute atomic E-state index is 9.19. The Bertz CT molecular complexity index is 541. The minimum absolute atomic E-state index is 0.691. The van der Waals surface area contributed by atoms with Crippen LogP contribution in [0.1, 0.15) is 22.4 Å². The van der Waals surface area contributed by atoms with Gasteiger partial charge in [-0.2, -0.15) is 4.73 Å². The molecule has 0 unspecified atom stereocenters. The van der Waals surface area contributed by atoms with E-state index < -0.39 is 0 Å². The molecule has 0 saturated carbocycles. The van der Waals surface area contributed by atoms with Crippen LogP contribution in [-0.2, 0) is 0 Å². The van der Waals surface area contributed by atoms with Crippen molar-refractivity contribution < 1.29 is 5.21 Å². The van der Waals surface area contributed by atoms with Crippen molar-refractivity contribution in [3.63, 3.8) is 0 Å². The van der Waals surface area contributed by atoms with Crippen molar-refractivity contribution in [2.45, 2.75) is 13.8 Å². The normalized spacial score (nSPS) is 10.4. The number of aryl methyl sites for hydroxylation is 1. The van der Waals surface area contributed by atoms with Gasteiger partial charge in [-0.1, -0.05) is 24.8 Å². The van der Waals surface area contributed by atoms with Gasteiger partial charge in [-0.25, -0.2) is 4.98 Å². The summed E-state index contributed by atoms with van der Waals surface area (Å²) in [5, 5.41) is 9.19. The van der Waals surface area contributed by atoms with Crippen LogP contribution in [0, 0.1) is 13.8 Å². The molecule has 3 nitrogen and oxygen atoms in total. The Kier molecular flexibility index (Phi) is 2.52. The molecule has 1 aromatic heterocycles. The molecule has 1 N–H and O–H groups in total. The highest BCUT2D eigenvalue weighted by molar-refractivity contribution is 5.78. The summed E-state index contributed by atoms with van der Waals surface area (Å²) in [6.07, 6.45) is 2.90. The second-order valence-electron chi connectivity index (χ2n) is 3.86. The highest BCUT2D eigenvalue weighted by Crippen LogP contribution is 2.24. The fraction of sp³-hybridized carbons (Fsp3) is 0.154. The summed E-state index contributed by atoms with van der Waals surface area (Å²) in [7, 11) is 0. The summed E-state index contributed by atoms with van der Waals surface area (Å²) in [4.78, 5) is 4.08. The molecule has 2 rings (SSSR count). The van der Waals surface area contributed by atoms with Gasteiger partial charge in [0.1, 0.15) is 6.33 Å². The minimum Gasteiger partial charge on any atom is -0.427 e. The van der Waals surface area contributed by atoms with Crippen LogP contribution in [0.3, 0.4) is 0 Å². The molecule has 1 aromatic carbocycles. The molecule has 0 aliphatic rings. The fourth-order valence-corrected chi connectivity index (χ4v) is 1.69. The van der Waals surface area contributed by atoms with Gasteiger partial charge in [0.2, 0.25) is 0 Å². The van der Waals surface area contributed by atoms with Gasteiger partial charge >= 0.3 is 0 Å². The SMILES string of the molecule is C=C(c1cn(O)cn1)c1cccc(C)c1C. The Hall–Kier alpha value is -2.03. The van der Waals surface area contributed by atoms with Crippen molar-refractivity contribution in [1.29, 1.82) is 0 Å². The highest BCUT2D eigenvalue weighted by Gasteiger charge is 2.09. The smallest absolute Gasteiger partial charge is 0.132 e. The first-order chi connectivity index (χ1) is 7.59. The Morgan fingerprint density at radius 2 is 2.12 bits per heavy atom. The average molecular weight is 214 g/mol. The minimum atomic E-state index is 0.691. The van der Waals surface area contributed by atoms with Crippen LogP contribution in [0.2, 0.25) is 0 Å². The zero-order valence-corrected chi connectivity index (χ0v) is 9.44. The first-order valence-corrected chi connectivity index (χ1v) is 5.08. The third-order valence-corrected chi connectivity index (χ3v) is 2.81. The van der Waals surface area contributed by atoms with Gasteiger partial charge in [-0.05, 0) is 30.5 Å². The molecule has 0 aliphatic heterocycles. The molecule has 82 valence electrons. The van der Waals surface area contributed by atoms with E-state index in [0.29, 0.717) is 5.69 Å². The van der Waals surface area contributed by atoms with Crippen molar-refractivity contribution in [3.8, 4) is 0 Å². The monoisotopic (exact) mass is 214 g/mol. The molecule has 1 heterocycles. The van der Waals surface area contributed by atoms with Crippen LogP contribution >= 0.6 is 0 Å². The molecule has 0 aliphatic carbocycles. The molecule has 0 fully saturated rings. The number of rotatable bonds is 2. The van der Waals surface area contributed by atoms with Gasteiger partial charge in [-0.3, -0.25) is 0 Å². The molecule has 3 heteroatoms. The molecule has 0 atom stereocenters. The molecule has 0 amide bonds. The number of imidazole rings is 1. The summed E-state index contributed by atoms with van der Waals surface area (Å²) in [6, 6.07) is 6.08. The van der Waals surface area contributed by atoms with Gasteiger partial charge in [-0.15, -0.1) is 0 Å². The second kappa shape index (κ2) is 3.85. The largest absolute Gasteiger partial charge is 0.427 e. The van der Waals surface area contributed by atoms with Crippen molar-refractivity contribution in [3.05, 3.63) is 59.7 Å². The van der Waals surface area contributed by atoms with Crippen LogP contribution in [0.15, 0.2) is 37.3 Å². The highest BCUT2D eigenvalue weighted by atomic mass is 16.5. The van der Waals surface area contributed by atoms with Crippen LogP contribution in [0.25, 0.3) is 5.57 Å². The number of aromatic nitrogens is 2. The van der Waals surface area contributed by atoms with Crippen molar-refractivity contribution in [1.82, 2.24) is 9.71 Å². The predicted molar refractivity (Wildman–Crippen MR) is 63.5 cm³/mol. The topological polar surface area (TPSA) is 38.0 Å². The lowest BCUT2D eigenvalue weighted by molar-refractivity contribution is 0.186. The fourth-order valence-electron chi connectivity index (χ4n) is 1.69. The van der Waals surface area contributed by atoms with E-state index in [1.165, 1.54) is 17.5 Å².